The highest BCUT2D eigenvalue weighted by molar-refractivity contribution is 14.1. The first-order valence-corrected chi connectivity index (χ1v) is 11.7. The molecule has 0 aliphatic heterocycles. The number of carbonyl (C=O) groups excluding carboxylic acids is 2. The van der Waals surface area contributed by atoms with E-state index in [-0.39, 0.29) is 26.2 Å². The lowest BCUT2D eigenvalue weighted by atomic mass is 9.74. The molecule has 0 saturated carbocycles. The summed E-state index contributed by atoms with van der Waals surface area (Å²) in [5, 5.41) is 9.50. The average molecular weight is 636 g/mol. The number of rotatable bonds is 8. The Labute approximate surface area is 202 Å². The summed E-state index contributed by atoms with van der Waals surface area (Å²) in [4.78, 5) is 35.1. The third kappa shape index (κ3) is 6.40. The number of carboxylic acid groups (broad SMARTS) is 1. The number of hydrogen-bond donors (Lipinski definition) is 1. The molecule has 2 rings (SSSR count). The van der Waals surface area contributed by atoms with Gasteiger partial charge in [-0.1, -0.05) is 76.4 Å². The fourth-order valence-electron chi connectivity index (χ4n) is 2.85. The van der Waals surface area contributed by atoms with E-state index in [0.717, 1.165) is 11.1 Å². The molecular formula is C22H22I2O6. The first-order valence-electron chi connectivity index (χ1n) is 9.17. The third-order valence-electron chi connectivity index (χ3n) is 4.57. The van der Waals surface area contributed by atoms with E-state index < -0.39 is 11.4 Å². The molecule has 0 bridgehead atoms. The van der Waals surface area contributed by atoms with Crippen molar-refractivity contribution < 1.29 is 29.0 Å². The maximum absolute atomic E-state index is 11.8. The second kappa shape index (κ2) is 10.6. The van der Waals surface area contributed by atoms with Crippen LogP contribution in [0.25, 0.3) is 0 Å². The third-order valence-corrected chi connectivity index (χ3v) is 5.59. The van der Waals surface area contributed by atoms with E-state index in [0.29, 0.717) is 11.5 Å². The molecule has 160 valence electrons. The SMILES string of the molecule is CC(I)C(=O)Oc1ccc(C(C)(CC(=O)O)c2ccc(OC(=O)C(C)I)cc2)cc1. The molecule has 0 saturated heterocycles. The van der Waals surface area contributed by atoms with Gasteiger partial charge in [-0.15, -0.1) is 0 Å². The molecule has 2 atom stereocenters. The van der Waals surface area contributed by atoms with Gasteiger partial charge in [0.05, 0.1) is 6.42 Å². The highest BCUT2D eigenvalue weighted by Gasteiger charge is 2.32. The molecule has 30 heavy (non-hydrogen) atoms. The van der Waals surface area contributed by atoms with Crippen LogP contribution in [0.1, 0.15) is 38.3 Å². The van der Waals surface area contributed by atoms with Crippen LogP contribution in [0.3, 0.4) is 0 Å². The average Bonchev–Trinajstić information content (AvgIpc) is 2.68. The lowest BCUT2D eigenvalue weighted by molar-refractivity contribution is -0.138. The number of esters is 2. The van der Waals surface area contributed by atoms with Crippen molar-refractivity contribution in [1.82, 2.24) is 0 Å². The largest absolute Gasteiger partial charge is 0.481 e. The number of aliphatic carboxylic acids is 1. The summed E-state index contributed by atoms with van der Waals surface area (Å²) < 4.78 is 10.0. The predicted octanol–water partition coefficient (Wildman–Crippen LogP) is 4.93. The van der Waals surface area contributed by atoms with E-state index in [4.69, 9.17) is 9.47 Å². The maximum atomic E-state index is 11.8. The second-order valence-electron chi connectivity index (χ2n) is 7.03. The van der Waals surface area contributed by atoms with Gasteiger partial charge in [0.15, 0.2) is 0 Å². The van der Waals surface area contributed by atoms with Gasteiger partial charge < -0.3 is 14.6 Å². The topological polar surface area (TPSA) is 89.9 Å². The highest BCUT2D eigenvalue weighted by atomic mass is 127. The zero-order chi connectivity index (χ0) is 22.5. The Bertz CT molecular complexity index is 839. The Morgan fingerprint density at radius 3 is 1.43 bits per heavy atom. The van der Waals surface area contributed by atoms with Gasteiger partial charge in [0, 0.05) is 5.41 Å². The van der Waals surface area contributed by atoms with Crippen LogP contribution >= 0.6 is 45.2 Å². The van der Waals surface area contributed by atoms with Crippen LogP contribution in [0.2, 0.25) is 0 Å². The van der Waals surface area contributed by atoms with Crippen LogP contribution in [-0.4, -0.2) is 30.9 Å². The molecule has 0 heterocycles. The minimum Gasteiger partial charge on any atom is -0.481 e. The van der Waals surface area contributed by atoms with E-state index >= 15 is 0 Å². The second-order valence-corrected chi connectivity index (χ2v) is 10.8. The normalized spacial score (nSPS) is 14.8. The van der Waals surface area contributed by atoms with Crippen molar-refractivity contribution in [3.63, 3.8) is 0 Å². The Morgan fingerprint density at radius 2 is 1.17 bits per heavy atom. The fraction of sp³-hybridized carbons (Fsp3) is 0.318. The first kappa shape index (κ1) is 24.6. The van der Waals surface area contributed by atoms with Gasteiger partial charge in [0.1, 0.15) is 19.3 Å². The number of carboxylic acids is 1. The van der Waals surface area contributed by atoms with Crippen molar-refractivity contribution in [3.8, 4) is 11.5 Å². The van der Waals surface area contributed by atoms with Crippen LogP contribution in [-0.2, 0) is 19.8 Å². The molecule has 0 spiro atoms. The zero-order valence-electron chi connectivity index (χ0n) is 16.7. The van der Waals surface area contributed by atoms with Crippen molar-refractivity contribution in [2.24, 2.45) is 0 Å². The number of alkyl halides is 2. The molecule has 6 nitrogen and oxygen atoms in total. The molecule has 2 aromatic rings. The van der Waals surface area contributed by atoms with Gasteiger partial charge in [-0.2, -0.15) is 0 Å². The van der Waals surface area contributed by atoms with E-state index in [1.807, 2.05) is 52.1 Å². The van der Waals surface area contributed by atoms with E-state index in [2.05, 4.69) is 0 Å². The Kier molecular flexibility index (Phi) is 8.65. The predicted molar refractivity (Wildman–Crippen MR) is 130 cm³/mol. The zero-order valence-corrected chi connectivity index (χ0v) is 21.0. The van der Waals surface area contributed by atoms with Crippen molar-refractivity contribution >= 4 is 63.1 Å². The fourth-order valence-corrected chi connectivity index (χ4v) is 3.10. The van der Waals surface area contributed by atoms with Gasteiger partial charge in [-0.3, -0.25) is 14.4 Å². The van der Waals surface area contributed by atoms with Crippen LogP contribution in [0.15, 0.2) is 48.5 Å². The summed E-state index contributed by atoms with van der Waals surface area (Å²) in [5.41, 5.74) is 0.694. The number of benzene rings is 2. The number of ether oxygens (including phenoxy) is 2. The minimum atomic E-state index is -0.944. The molecule has 0 aliphatic carbocycles. The highest BCUT2D eigenvalue weighted by Crippen LogP contribution is 2.37. The minimum absolute atomic E-state index is 0.138. The lowest BCUT2D eigenvalue weighted by Crippen LogP contribution is -2.27. The van der Waals surface area contributed by atoms with Crippen LogP contribution in [0.4, 0.5) is 0 Å². The molecule has 0 aromatic heterocycles. The molecule has 2 aromatic carbocycles. The number of hydrogen-bond acceptors (Lipinski definition) is 5. The van der Waals surface area contributed by atoms with Crippen molar-refractivity contribution in [2.45, 2.75) is 40.5 Å². The summed E-state index contributed by atoms with van der Waals surface area (Å²) in [6.07, 6.45) is -0.138. The first-order chi connectivity index (χ1) is 14.0. The molecule has 2 unspecified atom stereocenters. The molecule has 0 aliphatic rings. The Hall–Kier alpha value is -1.69. The summed E-state index contributed by atoms with van der Waals surface area (Å²) in [5.74, 6) is -0.827. The molecule has 0 fully saturated rings. The van der Waals surface area contributed by atoms with Crippen molar-refractivity contribution in [1.29, 1.82) is 0 Å². The summed E-state index contributed by atoms with van der Waals surface area (Å²) in [6.45, 7) is 5.31. The molecule has 0 radical (unpaired) electrons. The van der Waals surface area contributed by atoms with E-state index in [1.165, 1.54) is 0 Å². The molecule has 0 amide bonds. The Morgan fingerprint density at radius 1 is 0.833 bits per heavy atom. The van der Waals surface area contributed by atoms with Crippen molar-refractivity contribution in [3.05, 3.63) is 59.7 Å². The molecule has 1 N–H and O–H groups in total. The number of carbonyl (C=O) groups is 3. The molecular weight excluding hydrogens is 614 g/mol. The van der Waals surface area contributed by atoms with Crippen LogP contribution in [0, 0.1) is 0 Å². The van der Waals surface area contributed by atoms with Gasteiger partial charge in [-0.05, 0) is 49.2 Å². The summed E-state index contributed by atoms with van der Waals surface area (Å²) in [6, 6.07) is 13.7. The number of halogens is 2. The smallest absolute Gasteiger partial charge is 0.323 e. The van der Waals surface area contributed by atoms with E-state index in [1.54, 1.807) is 62.4 Å². The van der Waals surface area contributed by atoms with Crippen LogP contribution in [0.5, 0.6) is 11.5 Å². The molecule has 8 heteroatoms. The van der Waals surface area contributed by atoms with Crippen molar-refractivity contribution in [2.75, 3.05) is 0 Å². The van der Waals surface area contributed by atoms with Gasteiger partial charge >= 0.3 is 17.9 Å². The summed E-state index contributed by atoms with van der Waals surface area (Å²) in [7, 11) is 0. The monoisotopic (exact) mass is 636 g/mol. The van der Waals surface area contributed by atoms with Gasteiger partial charge in [0.2, 0.25) is 0 Å². The van der Waals surface area contributed by atoms with Gasteiger partial charge in [0.25, 0.3) is 0 Å². The quantitative estimate of drug-likeness (QED) is 0.192. The van der Waals surface area contributed by atoms with Crippen LogP contribution < -0.4 is 9.47 Å². The van der Waals surface area contributed by atoms with E-state index in [9.17, 15) is 19.5 Å². The van der Waals surface area contributed by atoms with Gasteiger partial charge in [-0.25, -0.2) is 0 Å². The summed E-state index contributed by atoms with van der Waals surface area (Å²) >= 11 is 3.95. The maximum Gasteiger partial charge on any atom is 0.323 e. The lowest BCUT2D eigenvalue weighted by Gasteiger charge is -2.29. The Balaban J connectivity index is 2.32. The standard InChI is InChI=1S/C22H22I2O6/c1-13(23)20(27)29-17-8-4-15(5-9-17)22(3,12-19(25)26)16-6-10-18(11-7-16)30-21(28)14(2)24/h4-11,13-14H,12H2,1-3H3,(H,25,26).